The number of aryl methyl sites for hydroxylation is 1. The molecule has 2 heterocycles. The van der Waals surface area contributed by atoms with Crippen LogP contribution in [-0.4, -0.2) is 35.9 Å². The zero-order valence-corrected chi connectivity index (χ0v) is 17.8. The lowest BCUT2D eigenvalue weighted by Crippen LogP contribution is -2.47. The van der Waals surface area contributed by atoms with Crippen molar-refractivity contribution in [1.82, 2.24) is 15.1 Å². The summed E-state index contributed by atoms with van der Waals surface area (Å²) in [7, 11) is 3.50. The molecule has 4 rings (SSSR count). The van der Waals surface area contributed by atoms with Crippen LogP contribution >= 0.6 is 11.8 Å². The maximum absolute atomic E-state index is 15.6. The van der Waals surface area contributed by atoms with E-state index in [9.17, 15) is 4.79 Å². The zero-order chi connectivity index (χ0) is 21.1. The molecule has 1 aliphatic rings. The molecule has 0 unspecified atom stereocenters. The van der Waals surface area contributed by atoms with Gasteiger partial charge < -0.3 is 10.1 Å². The summed E-state index contributed by atoms with van der Waals surface area (Å²) < 4.78 is 22.8. The van der Waals surface area contributed by atoms with Crippen LogP contribution in [0.25, 0.3) is 11.3 Å². The summed E-state index contributed by atoms with van der Waals surface area (Å²) in [5.74, 6) is -0.490. The highest BCUT2D eigenvalue weighted by Crippen LogP contribution is 2.40. The first-order chi connectivity index (χ1) is 14.5. The van der Waals surface area contributed by atoms with E-state index in [1.807, 2.05) is 48.1 Å². The van der Waals surface area contributed by atoms with E-state index in [0.29, 0.717) is 36.5 Å². The highest BCUT2D eigenvalue weighted by Gasteiger charge is 2.43. The van der Waals surface area contributed by atoms with Crippen molar-refractivity contribution < 1.29 is 13.9 Å². The summed E-state index contributed by atoms with van der Waals surface area (Å²) in [4.78, 5) is 14.2. The summed E-state index contributed by atoms with van der Waals surface area (Å²) in [5.41, 5.74) is 1.62. The van der Waals surface area contributed by atoms with Crippen LogP contribution in [0.2, 0.25) is 0 Å². The maximum Gasteiger partial charge on any atom is 0.230 e. The van der Waals surface area contributed by atoms with E-state index in [2.05, 4.69) is 10.4 Å². The number of rotatable bonds is 5. The molecule has 0 saturated carbocycles. The molecule has 0 radical (unpaired) electrons. The molecule has 1 saturated heterocycles. The van der Waals surface area contributed by atoms with Gasteiger partial charge in [-0.1, -0.05) is 36.0 Å². The van der Waals surface area contributed by atoms with E-state index in [1.54, 1.807) is 25.4 Å². The van der Waals surface area contributed by atoms with Crippen LogP contribution < -0.4 is 5.32 Å². The molecule has 0 atom stereocenters. The maximum atomic E-state index is 15.6. The third-order valence-electron chi connectivity index (χ3n) is 5.69. The molecule has 0 bridgehead atoms. The van der Waals surface area contributed by atoms with Crippen molar-refractivity contribution in [3.8, 4) is 11.3 Å². The number of benzene rings is 2. The fourth-order valence-electron chi connectivity index (χ4n) is 4.01. The fraction of sp³-hybridized carbons (Fsp3) is 0.304. The second-order valence-corrected chi connectivity index (χ2v) is 8.47. The normalized spacial score (nSPS) is 15.7. The van der Waals surface area contributed by atoms with Gasteiger partial charge in [0.15, 0.2) is 0 Å². The highest BCUT2D eigenvalue weighted by atomic mass is 32.2. The molecule has 1 aliphatic heterocycles. The molecule has 1 amide bonds. The summed E-state index contributed by atoms with van der Waals surface area (Å²) in [6.45, 7) is 0.888. The van der Waals surface area contributed by atoms with Crippen molar-refractivity contribution in [2.24, 2.45) is 7.05 Å². The first-order valence-corrected chi connectivity index (χ1v) is 10.7. The average Bonchev–Trinajstić information content (AvgIpc) is 3.21. The molecular formula is C23H24FN3O2S. The molecule has 1 aromatic heterocycles. The minimum atomic E-state index is -0.892. The summed E-state index contributed by atoms with van der Waals surface area (Å²) in [6.07, 6.45) is 2.70. The average molecular weight is 426 g/mol. The zero-order valence-electron chi connectivity index (χ0n) is 17.0. The van der Waals surface area contributed by atoms with Crippen LogP contribution in [0.1, 0.15) is 18.4 Å². The number of nitrogens with one attached hydrogen (secondary N) is 1. The van der Waals surface area contributed by atoms with E-state index in [0.717, 1.165) is 16.2 Å². The minimum absolute atomic E-state index is 0.160. The van der Waals surface area contributed by atoms with Gasteiger partial charge in [-0.15, -0.1) is 0 Å². The Morgan fingerprint density at radius 3 is 2.53 bits per heavy atom. The van der Waals surface area contributed by atoms with E-state index in [1.165, 1.54) is 11.8 Å². The lowest BCUT2D eigenvalue weighted by Gasteiger charge is -2.36. The number of amides is 1. The largest absolute Gasteiger partial charge is 0.381 e. The quantitative estimate of drug-likeness (QED) is 0.667. The van der Waals surface area contributed by atoms with Crippen LogP contribution in [0.15, 0.2) is 64.5 Å². The van der Waals surface area contributed by atoms with Crippen LogP contribution in [0.5, 0.6) is 0 Å². The minimum Gasteiger partial charge on any atom is -0.381 e. The predicted octanol–water partition coefficient (Wildman–Crippen LogP) is 4.17. The SMILES string of the molecule is CNC(=O)C1(c2cccc(Sc3ccc(-c4ccnn4C)cc3)c2F)CCOCC1. The summed E-state index contributed by atoms with van der Waals surface area (Å²) in [5, 5.41) is 6.92. The number of carbonyl (C=O) groups is 1. The highest BCUT2D eigenvalue weighted by molar-refractivity contribution is 7.99. The van der Waals surface area contributed by atoms with Crippen molar-refractivity contribution in [2.75, 3.05) is 20.3 Å². The van der Waals surface area contributed by atoms with Gasteiger partial charge >= 0.3 is 0 Å². The molecule has 2 aromatic carbocycles. The summed E-state index contributed by atoms with van der Waals surface area (Å²) >= 11 is 1.36. The second-order valence-electron chi connectivity index (χ2n) is 7.36. The van der Waals surface area contributed by atoms with E-state index in [4.69, 9.17) is 4.74 Å². The number of ether oxygens (including phenoxy) is 1. The molecule has 5 nitrogen and oxygen atoms in total. The number of halogens is 1. The van der Waals surface area contributed by atoms with E-state index >= 15 is 4.39 Å². The van der Waals surface area contributed by atoms with Crippen molar-refractivity contribution in [3.05, 3.63) is 66.1 Å². The summed E-state index contributed by atoms with van der Waals surface area (Å²) in [6, 6.07) is 15.2. The van der Waals surface area contributed by atoms with E-state index < -0.39 is 5.41 Å². The van der Waals surface area contributed by atoms with Crippen molar-refractivity contribution in [1.29, 1.82) is 0 Å². The number of aromatic nitrogens is 2. The van der Waals surface area contributed by atoms with Gasteiger partial charge in [0.05, 0.1) is 11.1 Å². The smallest absolute Gasteiger partial charge is 0.230 e. The Morgan fingerprint density at radius 1 is 1.17 bits per heavy atom. The van der Waals surface area contributed by atoms with E-state index in [-0.39, 0.29) is 11.7 Å². The topological polar surface area (TPSA) is 56.2 Å². The Kier molecular flexibility index (Phi) is 5.92. The third-order valence-corrected chi connectivity index (χ3v) is 6.73. The van der Waals surface area contributed by atoms with Gasteiger partial charge in [-0.2, -0.15) is 5.10 Å². The molecule has 1 N–H and O–H groups in total. The number of hydrogen-bond donors (Lipinski definition) is 1. The Balaban J connectivity index is 1.63. The second kappa shape index (κ2) is 8.62. The third kappa shape index (κ3) is 3.75. The van der Waals surface area contributed by atoms with Gasteiger partial charge in [0.2, 0.25) is 5.91 Å². The molecule has 0 aliphatic carbocycles. The van der Waals surface area contributed by atoms with Crippen molar-refractivity contribution >= 4 is 17.7 Å². The van der Waals surface area contributed by atoms with Crippen LogP contribution in [-0.2, 0) is 22.0 Å². The van der Waals surface area contributed by atoms with Crippen LogP contribution in [0.3, 0.4) is 0 Å². The molecule has 0 spiro atoms. The fourth-order valence-corrected chi connectivity index (χ4v) is 4.89. The number of hydrogen-bond acceptors (Lipinski definition) is 4. The lowest BCUT2D eigenvalue weighted by atomic mass is 9.73. The molecule has 3 aromatic rings. The van der Waals surface area contributed by atoms with Gasteiger partial charge in [-0.3, -0.25) is 9.48 Å². The van der Waals surface area contributed by atoms with Gasteiger partial charge in [-0.25, -0.2) is 4.39 Å². The molecular weight excluding hydrogens is 401 g/mol. The van der Waals surface area contributed by atoms with Crippen molar-refractivity contribution in [2.45, 2.75) is 28.0 Å². The van der Waals surface area contributed by atoms with Gasteiger partial charge in [0, 0.05) is 48.9 Å². The number of likely N-dealkylation sites (N-methyl/N-ethyl adjacent to an activating group) is 1. The lowest BCUT2D eigenvalue weighted by molar-refractivity contribution is -0.130. The molecule has 30 heavy (non-hydrogen) atoms. The predicted molar refractivity (Wildman–Crippen MR) is 115 cm³/mol. The Labute approximate surface area is 179 Å². The standard InChI is InChI=1S/C23H24FN3O2S/c1-25-22(28)23(11-14-29-15-12-23)18-4-3-5-20(21(18)24)30-17-8-6-16(7-9-17)19-10-13-26-27(19)2/h3-10,13H,11-12,14-15H2,1-2H3,(H,25,28). The molecule has 7 heteroatoms. The Bertz CT molecular complexity index is 1040. The monoisotopic (exact) mass is 425 g/mol. The molecule has 1 fully saturated rings. The van der Waals surface area contributed by atoms with Crippen molar-refractivity contribution in [3.63, 3.8) is 0 Å². The Morgan fingerprint density at radius 2 is 1.90 bits per heavy atom. The van der Waals surface area contributed by atoms with Crippen LogP contribution in [0.4, 0.5) is 4.39 Å². The first-order valence-electron chi connectivity index (χ1n) is 9.90. The van der Waals surface area contributed by atoms with Gasteiger partial charge in [-0.05, 0) is 42.7 Å². The number of nitrogens with zero attached hydrogens (tertiary/aromatic N) is 2. The Hall–Kier alpha value is -2.64. The first kappa shape index (κ1) is 20.6. The van der Waals surface area contributed by atoms with Gasteiger partial charge in [0.25, 0.3) is 0 Å². The molecule has 156 valence electrons. The van der Waals surface area contributed by atoms with Crippen LogP contribution in [0, 0.1) is 5.82 Å². The van der Waals surface area contributed by atoms with Gasteiger partial charge in [0.1, 0.15) is 5.82 Å². The number of carbonyl (C=O) groups excluding carboxylic acids is 1.